The molecule has 0 bridgehead atoms. The molecule has 1 aromatic rings. The summed E-state index contributed by atoms with van der Waals surface area (Å²) in [6.07, 6.45) is 4.49. The van der Waals surface area contributed by atoms with Gasteiger partial charge in [-0.2, -0.15) is 0 Å². The van der Waals surface area contributed by atoms with Crippen LogP contribution in [0.25, 0.3) is 6.08 Å². The molecule has 0 aliphatic heterocycles. The maximum absolute atomic E-state index is 12.6. The van der Waals surface area contributed by atoms with Crippen molar-refractivity contribution in [3.63, 3.8) is 0 Å². The lowest BCUT2D eigenvalue weighted by Gasteiger charge is -2.06. The van der Waals surface area contributed by atoms with Gasteiger partial charge in [-0.15, -0.1) is 0 Å². The first-order chi connectivity index (χ1) is 5.75. The second-order valence-corrected chi connectivity index (χ2v) is 2.67. The molecule has 0 unspecified atom stereocenters. The Morgan fingerprint density at radius 3 is 3.08 bits per heavy atom. The Morgan fingerprint density at radius 2 is 2.25 bits per heavy atom. The minimum absolute atomic E-state index is 0.00472. The third kappa shape index (κ3) is 1.13. The smallest absolute Gasteiger partial charge is 0.160 e. The molecule has 1 heterocycles. The number of carbonyl (C=O) groups is 1. The van der Waals surface area contributed by atoms with Gasteiger partial charge < -0.3 is 0 Å². The van der Waals surface area contributed by atoms with Crippen molar-refractivity contribution in [2.75, 3.05) is 0 Å². The van der Waals surface area contributed by atoms with Gasteiger partial charge in [0, 0.05) is 6.42 Å². The van der Waals surface area contributed by atoms with Gasteiger partial charge in [-0.1, -0.05) is 0 Å². The third-order valence-corrected chi connectivity index (χ3v) is 1.76. The first kappa shape index (κ1) is 7.16. The maximum atomic E-state index is 12.6. The van der Waals surface area contributed by atoms with Gasteiger partial charge in [0.2, 0.25) is 0 Å². The van der Waals surface area contributed by atoms with E-state index < -0.39 is 5.82 Å². The molecule has 0 aromatic carbocycles. The van der Waals surface area contributed by atoms with Gasteiger partial charge in [-0.3, -0.25) is 9.78 Å². The highest BCUT2D eigenvalue weighted by atomic mass is 19.1. The van der Waals surface area contributed by atoms with Crippen LogP contribution in [-0.4, -0.2) is 10.8 Å². The molecule has 1 aliphatic carbocycles. The fourth-order valence-corrected chi connectivity index (χ4v) is 1.20. The van der Waals surface area contributed by atoms with Crippen LogP contribution in [0.3, 0.4) is 0 Å². The summed E-state index contributed by atoms with van der Waals surface area (Å²) >= 11 is 0. The third-order valence-electron chi connectivity index (χ3n) is 1.76. The molecule has 0 spiro atoms. The first-order valence-corrected chi connectivity index (χ1v) is 3.61. The van der Waals surface area contributed by atoms with E-state index in [1.54, 1.807) is 6.08 Å². The van der Waals surface area contributed by atoms with Gasteiger partial charge in [-0.25, -0.2) is 4.39 Å². The molecular weight excluding hydrogens is 157 g/mol. The van der Waals surface area contributed by atoms with Crippen LogP contribution in [0.2, 0.25) is 0 Å². The molecule has 1 aromatic heterocycles. The van der Waals surface area contributed by atoms with Crippen molar-refractivity contribution in [2.45, 2.75) is 6.42 Å². The minimum atomic E-state index is -0.392. The number of hydrogen-bond donors (Lipinski definition) is 0. The van der Waals surface area contributed by atoms with Gasteiger partial charge in [-0.05, 0) is 23.8 Å². The molecule has 2 nitrogen and oxygen atoms in total. The van der Waals surface area contributed by atoms with E-state index >= 15 is 0 Å². The molecule has 0 saturated carbocycles. The molecule has 0 amide bonds. The van der Waals surface area contributed by atoms with E-state index in [0.29, 0.717) is 11.3 Å². The molecule has 0 fully saturated rings. The SMILES string of the molecule is O=C1C=Cc2ncc(F)cc2C1. The average Bonchev–Trinajstić information content (AvgIpc) is 2.03. The number of halogens is 1. The van der Waals surface area contributed by atoms with E-state index in [1.807, 2.05) is 0 Å². The highest BCUT2D eigenvalue weighted by molar-refractivity contribution is 5.97. The van der Waals surface area contributed by atoms with Crippen molar-refractivity contribution >= 4 is 11.9 Å². The van der Waals surface area contributed by atoms with E-state index in [0.717, 1.165) is 6.20 Å². The van der Waals surface area contributed by atoms with Crippen LogP contribution in [0.5, 0.6) is 0 Å². The molecule has 0 radical (unpaired) electrons. The highest BCUT2D eigenvalue weighted by Gasteiger charge is 2.11. The fourth-order valence-electron chi connectivity index (χ4n) is 1.20. The molecule has 1 aliphatic rings. The van der Waals surface area contributed by atoms with E-state index in [9.17, 15) is 9.18 Å². The van der Waals surface area contributed by atoms with Gasteiger partial charge in [0.25, 0.3) is 0 Å². The van der Waals surface area contributed by atoms with Crippen molar-refractivity contribution < 1.29 is 9.18 Å². The summed E-state index contributed by atoms with van der Waals surface area (Å²) in [5.74, 6) is -0.397. The predicted octanol–water partition coefficient (Wildman–Crippen LogP) is 1.36. The lowest BCUT2D eigenvalue weighted by atomic mass is 10.0. The summed E-state index contributed by atoms with van der Waals surface area (Å²) in [7, 11) is 0. The Bertz CT molecular complexity index is 371. The largest absolute Gasteiger partial charge is 0.294 e. The van der Waals surface area contributed by atoms with Gasteiger partial charge in [0.15, 0.2) is 5.78 Å². The van der Waals surface area contributed by atoms with E-state index in [2.05, 4.69) is 4.98 Å². The summed E-state index contributed by atoms with van der Waals surface area (Å²) in [6.45, 7) is 0. The van der Waals surface area contributed by atoms with Gasteiger partial charge in [0.05, 0.1) is 11.9 Å². The Balaban J connectivity index is 2.54. The normalized spacial score (nSPS) is 14.6. The standard InChI is InChI=1S/C9H6FNO/c10-7-3-6-4-8(12)1-2-9(6)11-5-7/h1-3,5H,4H2. The van der Waals surface area contributed by atoms with Crippen molar-refractivity contribution in [1.29, 1.82) is 0 Å². The van der Waals surface area contributed by atoms with Crippen LogP contribution in [0.4, 0.5) is 4.39 Å². The minimum Gasteiger partial charge on any atom is -0.294 e. The lowest BCUT2D eigenvalue weighted by molar-refractivity contribution is -0.114. The van der Waals surface area contributed by atoms with Gasteiger partial charge in [0.1, 0.15) is 5.82 Å². The van der Waals surface area contributed by atoms with Crippen molar-refractivity contribution in [3.8, 4) is 0 Å². The fraction of sp³-hybridized carbons (Fsp3) is 0.111. The lowest BCUT2D eigenvalue weighted by Crippen LogP contribution is -2.06. The number of aromatic nitrogens is 1. The van der Waals surface area contributed by atoms with E-state index in [-0.39, 0.29) is 12.2 Å². The second kappa shape index (κ2) is 2.52. The van der Waals surface area contributed by atoms with Crippen LogP contribution < -0.4 is 0 Å². The summed E-state index contributed by atoms with van der Waals surface area (Å²) in [4.78, 5) is 14.7. The maximum Gasteiger partial charge on any atom is 0.160 e. The molecular formula is C9H6FNO. The summed E-state index contributed by atoms with van der Waals surface area (Å²) in [6, 6.07) is 1.35. The van der Waals surface area contributed by atoms with Crippen LogP contribution in [0, 0.1) is 5.82 Å². The molecule has 12 heavy (non-hydrogen) atoms. The highest BCUT2D eigenvalue weighted by Crippen LogP contribution is 2.15. The number of allylic oxidation sites excluding steroid dienone is 1. The molecule has 0 atom stereocenters. The topological polar surface area (TPSA) is 30.0 Å². The average molecular weight is 163 g/mol. The Kier molecular flexibility index (Phi) is 1.50. The van der Waals surface area contributed by atoms with Crippen LogP contribution >= 0.6 is 0 Å². The zero-order valence-electron chi connectivity index (χ0n) is 6.25. The number of rotatable bonds is 0. The number of ketones is 1. The Labute approximate surface area is 68.7 Å². The predicted molar refractivity (Wildman–Crippen MR) is 41.9 cm³/mol. The van der Waals surface area contributed by atoms with E-state index in [1.165, 1.54) is 12.1 Å². The molecule has 2 rings (SSSR count). The number of hydrogen-bond acceptors (Lipinski definition) is 2. The Morgan fingerprint density at radius 1 is 1.42 bits per heavy atom. The summed E-state index contributed by atoms with van der Waals surface area (Å²) < 4.78 is 12.6. The van der Waals surface area contributed by atoms with Crippen molar-refractivity contribution in [1.82, 2.24) is 4.98 Å². The zero-order chi connectivity index (χ0) is 8.55. The monoisotopic (exact) mass is 163 g/mol. The van der Waals surface area contributed by atoms with Crippen LogP contribution in [0.15, 0.2) is 18.3 Å². The number of nitrogens with zero attached hydrogens (tertiary/aromatic N) is 1. The molecule has 3 heteroatoms. The quantitative estimate of drug-likeness (QED) is 0.578. The summed E-state index contributed by atoms with van der Waals surface area (Å²) in [5.41, 5.74) is 1.36. The number of carbonyl (C=O) groups excluding carboxylic acids is 1. The number of pyridine rings is 1. The molecule has 60 valence electrons. The Hall–Kier alpha value is -1.51. The second-order valence-electron chi connectivity index (χ2n) is 2.67. The van der Waals surface area contributed by atoms with Crippen LogP contribution in [0.1, 0.15) is 11.3 Å². The van der Waals surface area contributed by atoms with Gasteiger partial charge >= 0.3 is 0 Å². The van der Waals surface area contributed by atoms with Crippen LogP contribution in [-0.2, 0) is 11.2 Å². The summed E-state index contributed by atoms with van der Waals surface area (Å²) in [5, 5.41) is 0. The molecule has 0 N–H and O–H groups in total. The number of fused-ring (bicyclic) bond motifs is 1. The van der Waals surface area contributed by atoms with E-state index in [4.69, 9.17) is 0 Å². The van der Waals surface area contributed by atoms with Crippen molar-refractivity contribution in [3.05, 3.63) is 35.4 Å². The first-order valence-electron chi connectivity index (χ1n) is 3.61. The molecule has 0 saturated heterocycles. The van der Waals surface area contributed by atoms with Crippen molar-refractivity contribution in [2.24, 2.45) is 0 Å². The zero-order valence-corrected chi connectivity index (χ0v) is 6.25.